The lowest BCUT2D eigenvalue weighted by Gasteiger charge is -2.21. The lowest BCUT2D eigenvalue weighted by Crippen LogP contribution is -2.42. The van der Waals surface area contributed by atoms with Crippen molar-refractivity contribution < 1.29 is 4.42 Å². The number of benzene rings is 1. The highest BCUT2D eigenvalue weighted by Crippen LogP contribution is 2.24. The van der Waals surface area contributed by atoms with Gasteiger partial charge in [0, 0.05) is 24.0 Å². The van der Waals surface area contributed by atoms with Crippen LogP contribution in [-0.4, -0.2) is 43.6 Å². The van der Waals surface area contributed by atoms with E-state index in [0.717, 1.165) is 43.4 Å². The van der Waals surface area contributed by atoms with Gasteiger partial charge in [-0.2, -0.15) is 0 Å². The molecule has 0 radical (unpaired) electrons. The van der Waals surface area contributed by atoms with Crippen molar-refractivity contribution in [2.45, 2.75) is 53.1 Å². The first kappa shape index (κ1) is 23.8. The van der Waals surface area contributed by atoms with Crippen LogP contribution in [0.25, 0.3) is 11.0 Å². The van der Waals surface area contributed by atoms with E-state index in [0.29, 0.717) is 12.6 Å². The molecule has 0 saturated carbocycles. The van der Waals surface area contributed by atoms with Crippen LogP contribution >= 0.6 is 24.0 Å². The van der Waals surface area contributed by atoms with Crippen LogP contribution < -0.4 is 10.6 Å². The number of hydrogen-bond acceptors (Lipinski definition) is 3. The van der Waals surface area contributed by atoms with E-state index in [1.54, 1.807) is 0 Å². The summed E-state index contributed by atoms with van der Waals surface area (Å²) in [5.41, 5.74) is 2.13. The first-order valence-electron chi connectivity index (χ1n) is 9.75. The molecule has 5 nitrogen and oxygen atoms in total. The van der Waals surface area contributed by atoms with Crippen molar-refractivity contribution in [2.24, 2.45) is 4.99 Å². The van der Waals surface area contributed by atoms with Gasteiger partial charge in [-0.25, -0.2) is 0 Å². The van der Waals surface area contributed by atoms with Gasteiger partial charge in [0.2, 0.25) is 0 Å². The fraction of sp³-hybridized carbons (Fsp3) is 0.571. The van der Waals surface area contributed by atoms with Crippen molar-refractivity contribution in [3.8, 4) is 0 Å². The molecule has 0 saturated heterocycles. The van der Waals surface area contributed by atoms with E-state index in [1.807, 2.05) is 25.2 Å². The minimum absolute atomic E-state index is 0. The Bertz CT molecular complexity index is 709. The zero-order valence-electron chi connectivity index (χ0n) is 17.3. The summed E-state index contributed by atoms with van der Waals surface area (Å²) >= 11 is 0. The van der Waals surface area contributed by atoms with E-state index in [4.69, 9.17) is 4.42 Å². The van der Waals surface area contributed by atoms with Crippen molar-refractivity contribution >= 4 is 40.9 Å². The molecule has 0 amide bonds. The third-order valence-electron chi connectivity index (χ3n) is 4.97. The van der Waals surface area contributed by atoms with Crippen LogP contribution in [0.4, 0.5) is 0 Å². The van der Waals surface area contributed by atoms with Crippen LogP contribution in [-0.2, 0) is 6.54 Å². The van der Waals surface area contributed by atoms with Crippen molar-refractivity contribution in [1.82, 2.24) is 15.5 Å². The third-order valence-corrected chi connectivity index (χ3v) is 4.97. The molecule has 1 aromatic heterocycles. The molecule has 1 unspecified atom stereocenters. The Kier molecular flexibility index (Phi) is 10.8. The number of guanidine groups is 1. The van der Waals surface area contributed by atoms with Gasteiger partial charge in [0.1, 0.15) is 11.3 Å². The fourth-order valence-electron chi connectivity index (χ4n) is 3.22. The van der Waals surface area contributed by atoms with E-state index in [-0.39, 0.29) is 24.0 Å². The van der Waals surface area contributed by atoms with Crippen molar-refractivity contribution in [1.29, 1.82) is 0 Å². The summed E-state index contributed by atoms with van der Waals surface area (Å²) in [4.78, 5) is 6.81. The van der Waals surface area contributed by atoms with E-state index in [9.17, 15) is 0 Å². The molecule has 6 heteroatoms. The summed E-state index contributed by atoms with van der Waals surface area (Å²) in [6, 6.07) is 8.54. The Labute approximate surface area is 181 Å². The van der Waals surface area contributed by atoms with Gasteiger partial charge in [-0.1, -0.05) is 32.0 Å². The summed E-state index contributed by atoms with van der Waals surface area (Å²) in [5.74, 6) is 1.78. The third kappa shape index (κ3) is 6.99. The molecule has 2 N–H and O–H groups in total. The standard InChI is InChI=1S/C21H34N4O.HI/c1-6-25(7-2)14-10-11-16(3)24-21(22-5)23-15-20-17(4)18-12-8-9-13-19(18)26-20;/h8-9,12-13,16H,6-7,10-11,14-15H2,1-5H3,(H2,22,23,24);1H. The van der Waals surface area contributed by atoms with Crippen LogP contribution in [0, 0.1) is 6.92 Å². The molecule has 152 valence electrons. The Balaban J connectivity index is 0.00000364. The van der Waals surface area contributed by atoms with Crippen molar-refractivity contribution in [2.75, 3.05) is 26.7 Å². The number of nitrogens with one attached hydrogen (secondary N) is 2. The molecule has 0 aliphatic heterocycles. The number of halogens is 1. The minimum atomic E-state index is 0. The Morgan fingerprint density at radius 2 is 1.93 bits per heavy atom. The van der Waals surface area contributed by atoms with Crippen LogP contribution in [0.15, 0.2) is 33.7 Å². The molecule has 27 heavy (non-hydrogen) atoms. The molecular formula is C21H35IN4O. The maximum absolute atomic E-state index is 5.96. The lowest BCUT2D eigenvalue weighted by molar-refractivity contribution is 0.292. The van der Waals surface area contributed by atoms with Gasteiger partial charge in [-0.3, -0.25) is 4.99 Å². The molecule has 1 atom stereocenters. The molecule has 0 spiro atoms. The van der Waals surface area contributed by atoms with Gasteiger partial charge in [0.15, 0.2) is 5.96 Å². The summed E-state index contributed by atoms with van der Waals surface area (Å²) in [5, 5.41) is 8.03. The highest BCUT2D eigenvalue weighted by atomic mass is 127. The molecule has 1 heterocycles. The van der Waals surface area contributed by atoms with Gasteiger partial charge < -0.3 is 20.0 Å². The molecular weight excluding hydrogens is 451 g/mol. The van der Waals surface area contributed by atoms with Crippen LogP contribution in [0.1, 0.15) is 44.9 Å². The number of aliphatic imine (C=N–C) groups is 1. The minimum Gasteiger partial charge on any atom is -0.459 e. The second kappa shape index (κ2) is 12.2. The maximum Gasteiger partial charge on any atom is 0.191 e. The van der Waals surface area contributed by atoms with E-state index in [1.165, 1.54) is 17.4 Å². The number of para-hydroxylation sites is 1. The highest BCUT2D eigenvalue weighted by molar-refractivity contribution is 14.0. The number of fused-ring (bicyclic) bond motifs is 1. The quantitative estimate of drug-likeness (QED) is 0.311. The monoisotopic (exact) mass is 486 g/mol. The van der Waals surface area contributed by atoms with Crippen molar-refractivity contribution in [3.05, 3.63) is 35.6 Å². The summed E-state index contributed by atoms with van der Waals surface area (Å²) in [6.45, 7) is 12.8. The number of rotatable bonds is 9. The molecule has 1 aromatic carbocycles. The number of aryl methyl sites for hydroxylation is 1. The first-order chi connectivity index (χ1) is 12.6. The van der Waals surface area contributed by atoms with E-state index < -0.39 is 0 Å². The second-order valence-electron chi connectivity index (χ2n) is 6.79. The SMILES string of the molecule is CCN(CC)CCCC(C)NC(=NC)NCc1oc2ccccc2c1C.I. The predicted molar refractivity (Wildman–Crippen MR) is 126 cm³/mol. The molecule has 0 aliphatic rings. The largest absolute Gasteiger partial charge is 0.459 e. The predicted octanol–water partition coefficient (Wildman–Crippen LogP) is 4.53. The summed E-state index contributed by atoms with van der Waals surface area (Å²) in [6.07, 6.45) is 2.32. The Hall–Kier alpha value is -1.28. The average Bonchev–Trinajstić information content (AvgIpc) is 2.98. The van der Waals surface area contributed by atoms with E-state index >= 15 is 0 Å². The Morgan fingerprint density at radius 3 is 2.56 bits per heavy atom. The second-order valence-corrected chi connectivity index (χ2v) is 6.79. The molecule has 0 aliphatic carbocycles. The van der Waals surface area contributed by atoms with Crippen LogP contribution in [0.5, 0.6) is 0 Å². The highest BCUT2D eigenvalue weighted by Gasteiger charge is 2.11. The number of hydrogen-bond donors (Lipinski definition) is 2. The lowest BCUT2D eigenvalue weighted by atomic mass is 10.1. The normalized spacial score (nSPS) is 12.9. The fourth-order valence-corrected chi connectivity index (χ4v) is 3.22. The molecule has 2 rings (SSSR count). The first-order valence-corrected chi connectivity index (χ1v) is 9.75. The zero-order chi connectivity index (χ0) is 18.9. The summed E-state index contributed by atoms with van der Waals surface area (Å²) in [7, 11) is 1.81. The smallest absolute Gasteiger partial charge is 0.191 e. The summed E-state index contributed by atoms with van der Waals surface area (Å²) < 4.78 is 5.96. The molecule has 0 fully saturated rings. The zero-order valence-corrected chi connectivity index (χ0v) is 19.7. The molecule has 0 bridgehead atoms. The van der Waals surface area contributed by atoms with E-state index in [2.05, 4.69) is 54.3 Å². The van der Waals surface area contributed by atoms with Crippen molar-refractivity contribution in [3.63, 3.8) is 0 Å². The number of furan rings is 1. The van der Waals surface area contributed by atoms with Gasteiger partial charge in [-0.15, -0.1) is 24.0 Å². The molecule has 2 aromatic rings. The van der Waals surface area contributed by atoms with Gasteiger partial charge in [0.25, 0.3) is 0 Å². The maximum atomic E-state index is 5.96. The van der Waals surface area contributed by atoms with Gasteiger partial charge >= 0.3 is 0 Å². The Morgan fingerprint density at radius 1 is 1.22 bits per heavy atom. The van der Waals surface area contributed by atoms with Crippen LogP contribution in [0.3, 0.4) is 0 Å². The topological polar surface area (TPSA) is 52.8 Å². The number of nitrogens with zero attached hydrogens (tertiary/aromatic N) is 2. The average molecular weight is 486 g/mol. The van der Waals surface area contributed by atoms with Gasteiger partial charge in [0.05, 0.1) is 6.54 Å². The van der Waals surface area contributed by atoms with Crippen LogP contribution in [0.2, 0.25) is 0 Å². The van der Waals surface area contributed by atoms with Gasteiger partial charge in [-0.05, 0) is 52.4 Å².